The van der Waals surface area contributed by atoms with Crippen LogP contribution in [0.15, 0.2) is 53.1 Å². The highest BCUT2D eigenvalue weighted by molar-refractivity contribution is 5.93. The molecule has 0 radical (unpaired) electrons. The fraction of sp³-hybridized carbons (Fsp3) is 0.227. The predicted octanol–water partition coefficient (Wildman–Crippen LogP) is 3.98. The minimum atomic E-state index is -0.588. The number of aromatic nitrogens is 1. The van der Waals surface area contributed by atoms with E-state index in [1.807, 2.05) is 31.2 Å². The van der Waals surface area contributed by atoms with Gasteiger partial charge in [0.2, 0.25) is 0 Å². The van der Waals surface area contributed by atoms with Gasteiger partial charge in [0.15, 0.2) is 18.3 Å². The van der Waals surface area contributed by atoms with Gasteiger partial charge in [-0.3, -0.25) is 19.7 Å². The molecule has 0 aliphatic rings. The molecular formula is C22H21N3O6. The third kappa shape index (κ3) is 5.99. The van der Waals surface area contributed by atoms with Crippen molar-refractivity contribution in [1.29, 1.82) is 0 Å². The van der Waals surface area contributed by atoms with E-state index in [1.165, 1.54) is 18.2 Å². The topological polar surface area (TPSA) is 125 Å². The Morgan fingerprint density at radius 3 is 2.61 bits per heavy atom. The number of hydrogen-bond acceptors (Lipinski definition) is 7. The molecule has 0 unspecified atom stereocenters. The van der Waals surface area contributed by atoms with Crippen LogP contribution in [0, 0.1) is 24.0 Å². The SMILES string of the molecule is Cc1ccc(-c2cnc(CCC(=O)OCC(=O)Nc3cc([N+](=O)[O-])ccc3C)o2)cc1. The molecule has 1 heterocycles. The molecule has 0 aliphatic heterocycles. The molecule has 9 heteroatoms. The van der Waals surface area contributed by atoms with Crippen molar-refractivity contribution in [3.8, 4) is 11.3 Å². The highest BCUT2D eigenvalue weighted by Gasteiger charge is 2.14. The van der Waals surface area contributed by atoms with Gasteiger partial charge < -0.3 is 14.5 Å². The minimum absolute atomic E-state index is 0.00301. The molecule has 2 aromatic carbocycles. The summed E-state index contributed by atoms with van der Waals surface area (Å²) in [7, 11) is 0. The van der Waals surface area contributed by atoms with E-state index in [-0.39, 0.29) is 18.5 Å². The van der Waals surface area contributed by atoms with Gasteiger partial charge in [0.25, 0.3) is 11.6 Å². The zero-order valence-electron chi connectivity index (χ0n) is 17.1. The Bertz CT molecular complexity index is 1100. The summed E-state index contributed by atoms with van der Waals surface area (Å²) < 4.78 is 10.6. The van der Waals surface area contributed by atoms with Crippen molar-refractivity contribution in [1.82, 2.24) is 4.98 Å². The number of ether oxygens (including phenoxy) is 1. The summed E-state index contributed by atoms with van der Waals surface area (Å²) >= 11 is 0. The second kappa shape index (κ2) is 9.66. The monoisotopic (exact) mass is 423 g/mol. The van der Waals surface area contributed by atoms with Gasteiger partial charge in [0.05, 0.1) is 23.2 Å². The quantitative estimate of drug-likeness (QED) is 0.330. The fourth-order valence-corrected chi connectivity index (χ4v) is 2.75. The summed E-state index contributed by atoms with van der Waals surface area (Å²) in [6, 6.07) is 11.9. The van der Waals surface area contributed by atoms with E-state index in [2.05, 4.69) is 10.3 Å². The van der Waals surface area contributed by atoms with Gasteiger partial charge in [-0.15, -0.1) is 0 Å². The van der Waals surface area contributed by atoms with Crippen LogP contribution < -0.4 is 5.32 Å². The van der Waals surface area contributed by atoms with Gasteiger partial charge in [-0.2, -0.15) is 0 Å². The van der Waals surface area contributed by atoms with Crippen molar-refractivity contribution in [3.63, 3.8) is 0 Å². The Morgan fingerprint density at radius 1 is 1.16 bits per heavy atom. The van der Waals surface area contributed by atoms with Crippen LogP contribution >= 0.6 is 0 Å². The lowest BCUT2D eigenvalue weighted by Crippen LogP contribution is -2.21. The molecule has 1 aromatic heterocycles. The number of rotatable bonds is 8. The lowest BCUT2D eigenvalue weighted by Gasteiger charge is -2.08. The summed E-state index contributed by atoms with van der Waals surface area (Å²) in [4.78, 5) is 38.4. The number of carbonyl (C=O) groups excluding carboxylic acids is 2. The van der Waals surface area contributed by atoms with E-state index in [1.54, 1.807) is 13.1 Å². The van der Waals surface area contributed by atoms with Crippen LogP contribution in [0.1, 0.15) is 23.4 Å². The summed E-state index contributed by atoms with van der Waals surface area (Å²) in [6.45, 7) is 3.19. The summed E-state index contributed by atoms with van der Waals surface area (Å²) in [5.41, 5.74) is 2.82. The maximum atomic E-state index is 12.0. The Hall–Kier alpha value is -4.01. The molecule has 31 heavy (non-hydrogen) atoms. The van der Waals surface area contributed by atoms with Crippen LogP contribution in [-0.2, 0) is 20.7 Å². The van der Waals surface area contributed by atoms with Crippen LogP contribution in [0.3, 0.4) is 0 Å². The standard InChI is InChI=1S/C22H21N3O6/c1-14-3-6-16(7-4-14)19-12-23-21(31-19)9-10-22(27)30-13-20(26)24-18-11-17(25(28)29)8-5-15(18)2/h3-8,11-12H,9-10,13H2,1-2H3,(H,24,26). The largest absolute Gasteiger partial charge is 0.456 e. The Labute approximate surface area is 178 Å². The van der Waals surface area contributed by atoms with E-state index >= 15 is 0 Å². The van der Waals surface area contributed by atoms with Gasteiger partial charge in [-0.1, -0.05) is 35.9 Å². The molecule has 160 valence electrons. The first kappa shape index (κ1) is 21.7. The summed E-state index contributed by atoms with van der Waals surface area (Å²) in [6.07, 6.45) is 1.83. The van der Waals surface area contributed by atoms with Gasteiger partial charge in [0, 0.05) is 24.1 Å². The normalized spacial score (nSPS) is 10.5. The first-order valence-electron chi connectivity index (χ1n) is 9.54. The molecule has 0 aliphatic carbocycles. The van der Waals surface area contributed by atoms with E-state index < -0.39 is 23.4 Å². The minimum Gasteiger partial charge on any atom is -0.456 e. The molecule has 0 atom stereocenters. The van der Waals surface area contributed by atoms with Crippen LogP contribution in [0.25, 0.3) is 11.3 Å². The van der Waals surface area contributed by atoms with Crippen molar-refractivity contribution in [2.75, 3.05) is 11.9 Å². The van der Waals surface area contributed by atoms with Crippen molar-refractivity contribution in [2.45, 2.75) is 26.7 Å². The summed E-state index contributed by atoms with van der Waals surface area (Å²) in [5, 5.41) is 13.4. The Morgan fingerprint density at radius 2 is 1.90 bits per heavy atom. The highest BCUT2D eigenvalue weighted by Crippen LogP contribution is 2.22. The van der Waals surface area contributed by atoms with Crippen molar-refractivity contribution in [3.05, 3.63) is 75.8 Å². The number of esters is 1. The van der Waals surface area contributed by atoms with Crippen molar-refractivity contribution in [2.24, 2.45) is 0 Å². The van der Waals surface area contributed by atoms with E-state index in [4.69, 9.17) is 9.15 Å². The second-order valence-corrected chi connectivity index (χ2v) is 6.95. The number of nitrogens with one attached hydrogen (secondary N) is 1. The second-order valence-electron chi connectivity index (χ2n) is 6.95. The number of carbonyl (C=O) groups is 2. The lowest BCUT2D eigenvalue weighted by molar-refractivity contribution is -0.384. The number of aryl methyl sites for hydroxylation is 3. The third-order valence-corrected chi connectivity index (χ3v) is 4.50. The number of oxazole rings is 1. The van der Waals surface area contributed by atoms with Crippen LogP contribution in [0.2, 0.25) is 0 Å². The Balaban J connectivity index is 1.46. The maximum absolute atomic E-state index is 12.0. The van der Waals surface area contributed by atoms with Crippen LogP contribution in [-0.4, -0.2) is 28.4 Å². The number of hydrogen-bond donors (Lipinski definition) is 1. The van der Waals surface area contributed by atoms with Gasteiger partial charge in [0.1, 0.15) is 0 Å². The average molecular weight is 423 g/mol. The molecule has 9 nitrogen and oxygen atoms in total. The number of amides is 1. The number of non-ortho nitro benzene ring substituents is 1. The molecule has 0 saturated heterocycles. The third-order valence-electron chi connectivity index (χ3n) is 4.50. The highest BCUT2D eigenvalue weighted by atomic mass is 16.6. The van der Waals surface area contributed by atoms with Crippen molar-refractivity contribution < 1.29 is 23.7 Å². The first-order chi connectivity index (χ1) is 14.8. The van der Waals surface area contributed by atoms with E-state index in [0.717, 1.165) is 11.1 Å². The predicted molar refractivity (Wildman–Crippen MR) is 112 cm³/mol. The van der Waals surface area contributed by atoms with Crippen LogP contribution in [0.4, 0.5) is 11.4 Å². The smallest absolute Gasteiger partial charge is 0.306 e. The molecule has 0 bridgehead atoms. The molecule has 3 rings (SSSR count). The number of nitro benzene ring substituents is 1. The van der Waals surface area contributed by atoms with Gasteiger partial charge >= 0.3 is 5.97 Å². The van der Waals surface area contributed by atoms with E-state index in [9.17, 15) is 19.7 Å². The number of nitro groups is 1. The fourth-order valence-electron chi connectivity index (χ4n) is 2.75. The number of nitrogens with zero attached hydrogens (tertiary/aromatic N) is 2. The van der Waals surface area contributed by atoms with Gasteiger partial charge in [-0.25, -0.2) is 4.98 Å². The number of anilines is 1. The molecule has 0 spiro atoms. The zero-order chi connectivity index (χ0) is 22.4. The first-order valence-corrected chi connectivity index (χ1v) is 9.54. The maximum Gasteiger partial charge on any atom is 0.306 e. The van der Waals surface area contributed by atoms with Crippen molar-refractivity contribution >= 4 is 23.3 Å². The number of benzene rings is 2. The van der Waals surface area contributed by atoms with E-state index in [0.29, 0.717) is 22.9 Å². The molecule has 0 saturated carbocycles. The van der Waals surface area contributed by atoms with Crippen LogP contribution in [0.5, 0.6) is 0 Å². The Kier molecular flexibility index (Phi) is 6.76. The zero-order valence-corrected chi connectivity index (χ0v) is 17.1. The molecule has 0 fully saturated rings. The molecular weight excluding hydrogens is 402 g/mol. The molecule has 1 N–H and O–H groups in total. The van der Waals surface area contributed by atoms with Gasteiger partial charge in [-0.05, 0) is 19.4 Å². The molecule has 1 amide bonds. The summed E-state index contributed by atoms with van der Waals surface area (Å²) in [5.74, 6) is -0.171. The molecule has 3 aromatic rings. The average Bonchev–Trinajstić information content (AvgIpc) is 3.21. The lowest BCUT2D eigenvalue weighted by atomic mass is 10.1.